The van der Waals surface area contributed by atoms with Crippen LogP contribution in [0.25, 0.3) is 0 Å². The van der Waals surface area contributed by atoms with E-state index in [0.717, 1.165) is 24.1 Å². The zero-order valence-corrected chi connectivity index (χ0v) is 15.2. The van der Waals surface area contributed by atoms with Crippen molar-refractivity contribution in [2.24, 2.45) is 0 Å². The van der Waals surface area contributed by atoms with Gasteiger partial charge in [0.05, 0.1) is 5.69 Å². The molecule has 1 N–H and O–H groups in total. The molecule has 134 valence electrons. The molecule has 0 fully saturated rings. The molecular formula is C22H24N2O2. The van der Waals surface area contributed by atoms with E-state index in [9.17, 15) is 4.79 Å². The number of anilines is 1. The van der Waals surface area contributed by atoms with Gasteiger partial charge in [-0.2, -0.15) is 0 Å². The largest absolute Gasteiger partial charge is 0.487 e. The van der Waals surface area contributed by atoms with Gasteiger partial charge in [-0.3, -0.25) is 4.79 Å². The summed E-state index contributed by atoms with van der Waals surface area (Å²) >= 11 is 0. The van der Waals surface area contributed by atoms with E-state index in [1.54, 1.807) is 0 Å². The minimum Gasteiger partial charge on any atom is -0.487 e. The fraction of sp³-hybridized carbons (Fsp3) is 0.227. The summed E-state index contributed by atoms with van der Waals surface area (Å²) in [4.78, 5) is 11.0. The van der Waals surface area contributed by atoms with Gasteiger partial charge in [0.15, 0.2) is 0 Å². The highest BCUT2D eigenvalue weighted by Gasteiger charge is 2.06. The molecule has 0 atom stereocenters. The molecule has 0 aliphatic rings. The lowest BCUT2D eigenvalue weighted by Gasteiger charge is -2.13. The highest BCUT2D eigenvalue weighted by atomic mass is 16.5. The van der Waals surface area contributed by atoms with E-state index < -0.39 is 0 Å². The minimum absolute atomic E-state index is 0.468. The third kappa shape index (κ3) is 4.54. The molecule has 1 heterocycles. The molecule has 0 aliphatic carbocycles. The van der Waals surface area contributed by atoms with E-state index in [2.05, 4.69) is 42.2 Å². The standard InChI is InChI=1S/C22H24N2O2/c1-17-13-24(14-18(17)2)11-10-19-8-9-22(21(12-19)23-16-25)26-15-20-6-4-3-5-7-20/h3-9,12-14,16H,10-11,15H2,1-2H3,(H,23,25). The van der Waals surface area contributed by atoms with E-state index in [1.807, 2.05) is 42.5 Å². The third-order valence-electron chi connectivity index (χ3n) is 4.50. The molecule has 1 amide bonds. The van der Waals surface area contributed by atoms with Crippen LogP contribution >= 0.6 is 0 Å². The van der Waals surface area contributed by atoms with Crippen LogP contribution in [0, 0.1) is 13.8 Å². The van der Waals surface area contributed by atoms with Crippen molar-refractivity contribution in [3.63, 3.8) is 0 Å². The Morgan fingerprint density at radius 1 is 1.00 bits per heavy atom. The number of rotatable bonds is 8. The number of carbonyl (C=O) groups is 1. The van der Waals surface area contributed by atoms with E-state index >= 15 is 0 Å². The highest BCUT2D eigenvalue weighted by Crippen LogP contribution is 2.27. The average Bonchev–Trinajstić information content (AvgIpc) is 2.98. The van der Waals surface area contributed by atoms with Gasteiger partial charge in [0.25, 0.3) is 0 Å². The first-order valence-electron chi connectivity index (χ1n) is 8.78. The number of aryl methyl sites for hydroxylation is 4. The summed E-state index contributed by atoms with van der Waals surface area (Å²) in [6, 6.07) is 15.9. The van der Waals surface area contributed by atoms with Crippen LogP contribution in [0.4, 0.5) is 5.69 Å². The maximum Gasteiger partial charge on any atom is 0.211 e. The van der Waals surface area contributed by atoms with E-state index in [0.29, 0.717) is 24.5 Å². The Kier molecular flexibility index (Phi) is 5.74. The molecule has 3 aromatic rings. The number of nitrogens with one attached hydrogen (secondary N) is 1. The SMILES string of the molecule is Cc1cn(CCc2ccc(OCc3ccccc3)c(NC=O)c2)cc1C. The van der Waals surface area contributed by atoms with Crippen LogP contribution in [0.3, 0.4) is 0 Å². The molecule has 0 bridgehead atoms. The fourth-order valence-corrected chi connectivity index (χ4v) is 2.90. The lowest BCUT2D eigenvalue weighted by Crippen LogP contribution is -2.03. The summed E-state index contributed by atoms with van der Waals surface area (Å²) in [6.45, 7) is 5.61. The van der Waals surface area contributed by atoms with Crippen LogP contribution in [-0.2, 0) is 24.4 Å². The first-order chi connectivity index (χ1) is 12.7. The molecule has 1 aromatic heterocycles. The summed E-state index contributed by atoms with van der Waals surface area (Å²) in [7, 11) is 0. The van der Waals surface area contributed by atoms with Gasteiger partial charge in [0.1, 0.15) is 12.4 Å². The molecule has 0 saturated carbocycles. The predicted octanol–water partition coefficient (Wildman–Crippen LogP) is 4.49. The van der Waals surface area contributed by atoms with Gasteiger partial charge >= 0.3 is 0 Å². The van der Waals surface area contributed by atoms with Gasteiger partial charge in [-0.05, 0) is 54.7 Å². The third-order valence-corrected chi connectivity index (χ3v) is 4.50. The maximum atomic E-state index is 11.0. The van der Waals surface area contributed by atoms with Gasteiger partial charge < -0.3 is 14.6 Å². The molecule has 0 saturated heterocycles. The summed E-state index contributed by atoms with van der Waals surface area (Å²) in [5.41, 5.74) is 5.56. The smallest absolute Gasteiger partial charge is 0.211 e. The van der Waals surface area contributed by atoms with Crippen LogP contribution in [0.15, 0.2) is 60.9 Å². The molecule has 4 heteroatoms. The number of ether oxygens (including phenoxy) is 1. The second kappa shape index (κ2) is 8.39. The lowest BCUT2D eigenvalue weighted by molar-refractivity contribution is -0.105. The fourth-order valence-electron chi connectivity index (χ4n) is 2.90. The molecular weight excluding hydrogens is 324 g/mol. The van der Waals surface area contributed by atoms with Crippen LogP contribution in [0.5, 0.6) is 5.75 Å². The summed E-state index contributed by atoms with van der Waals surface area (Å²) < 4.78 is 8.09. The Bertz CT molecular complexity index is 850. The predicted molar refractivity (Wildman–Crippen MR) is 105 cm³/mol. The van der Waals surface area contributed by atoms with Gasteiger partial charge in [0.2, 0.25) is 6.41 Å². The highest BCUT2D eigenvalue weighted by molar-refractivity contribution is 5.75. The molecule has 0 unspecified atom stereocenters. The van der Waals surface area contributed by atoms with Gasteiger partial charge in [-0.25, -0.2) is 0 Å². The zero-order valence-electron chi connectivity index (χ0n) is 15.2. The van der Waals surface area contributed by atoms with Crippen molar-refractivity contribution in [2.75, 3.05) is 5.32 Å². The molecule has 3 rings (SSSR count). The summed E-state index contributed by atoms with van der Waals surface area (Å²) in [5.74, 6) is 0.678. The van der Waals surface area contributed by atoms with Crippen molar-refractivity contribution < 1.29 is 9.53 Å². The van der Waals surface area contributed by atoms with E-state index in [-0.39, 0.29) is 0 Å². The Morgan fingerprint density at radius 3 is 2.42 bits per heavy atom. The zero-order chi connectivity index (χ0) is 18.4. The molecule has 2 aromatic carbocycles. The molecule has 26 heavy (non-hydrogen) atoms. The minimum atomic E-state index is 0.468. The van der Waals surface area contributed by atoms with Gasteiger partial charge in [0, 0.05) is 18.9 Å². The quantitative estimate of drug-likeness (QED) is 0.609. The number of hydrogen-bond acceptors (Lipinski definition) is 2. The van der Waals surface area contributed by atoms with Gasteiger partial charge in [-0.1, -0.05) is 36.4 Å². The van der Waals surface area contributed by atoms with Crippen molar-refractivity contribution in [3.05, 3.63) is 83.2 Å². The number of benzene rings is 2. The van der Waals surface area contributed by atoms with E-state index in [4.69, 9.17) is 4.74 Å². The number of aromatic nitrogens is 1. The molecule has 4 nitrogen and oxygen atoms in total. The van der Waals surface area contributed by atoms with Crippen molar-refractivity contribution in [1.82, 2.24) is 4.57 Å². The van der Waals surface area contributed by atoms with Crippen molar-refractivity contribution >= 4 is 12.1 Å². The Hall–Kier alpha value is -3.01. The number of nitrogens with zero attached hydrogens (tertiary/aromatic N) is 1. The van der Waals surface area contributed by atoms with Gasteiger partial charge in [-0.15, -0.1) is 0 Å². The monoisotopic (exact) mass is 348 g/mol. The number of amides is 1. The van der Waals surface area contributed by atoms with Crippen LogP contribution in [-0.4, -0.2) is 11.0 Å². The topological polar surface area (TPSA) is 43.3 Å². The summed E-state index contributed by atoms with van der Waals surface area (Å²) in [6.07, 6.45) is 5.90. The Morgan fingerprint density at radius 2 is 1.73 bits per heavy atom. The number of carbonyl (C=O) groups excluding carboxylic acids is 1. The molecule has 0 spiro atoms. The van der Waals surface area contributed by atoms with Crippen LogP contribution in [0.2, 0.25) is 0 Å². The lowest BCUT2D eigenvalue weighted by atomic mass is 10.1. The second-order valence-electron chi connectivity index (χ2n) is 6.48. The first kappa shape index (κ1) is 17.8. The Balaban J connectivity index is 1.68. The second-order valence-corrected chi connectivity index (χ2v) is 6.48. The van der Waals surface area contributed by atoms with Crippen molar-refractivity contribution in [2.45, 2.75) is 33.4 Å². The van der Waals surface area contributed by atoms with Crippen molar-refractivity contribution in [1.29, 1.82) is 0 Å². The normalized spacial score (nSPS) is 10.5. The maximum absolute atomic E-state index is 11.0. The molecule has 0 aliphatic heterocycles. The molecule has 0 radical (unpaired) electrons. The van der Waals surface area contributed by atoms with Crippen LogP contribution < -0.4 is 10.1 Å². The summed E-state index contributed by atoms with van der Waals surface area (Å²) in [5, 5.41) is 2.75. The van der Waals surface area contributed by atoms with Crippen LogP contribution in [0.1, 0.15) is 22.3 Å². The van der Waals surface area contributed by atoms with E-state index in [1.165, 1.54) is 11.1 Å². The average molecular weight is 348 g/mol. The first-order valence-corrected chi connectivity index (χ1v) is 8.78. The number of hydrogen-bond donors (Lipinski definition) is 1. The Labute approximate surface area is 154 Å². The van der Waals surface area contributed by atoms with Crippen molar-refractivity contribution in [3.8, 4) is 5.75 Å².